The zero-order valence-electron chi connectivity index (χ0n) is 8.97. The summed E-state index contributed by atoms with van der Waals surface area (Å²) in [6.45, 7) is 0.508. The Morgan fingerprint density at radius 2 is 2.31 bits per heavy atom. The summed E-state index contributed by atoms with van der Waals surface area (Å²) in [6.07, 6.45) is 0.761. The summed E-state index contributed by atoms with van der Waals surface area (Å²) in [4.78, 5) is -0.733. The highest BCUT2D eigenvalue weighted by Gasteiger charge is 2.35. The second-order valence-electron chi connectivity index (χ2n) is 4.14. The van der Waals surface area contributed by atoms with Gasteiger partial charge >= 0.3 is 0 Å². The van der Waals surface area contributed by atoms with E-state index in [0.29, 0.717) is 19.4 Å². The van der Waals surface area contributed by atoms with Crippen molar-refractivity contribution in [2.75, 3.05) is 6.61 Å². The fourth-order valence-corrected chi connectivity index (χ4v) is 2.40. The third-order valence-corrected chi connectivity index (χ3v) is 3.43. The van der Waals surface area contributed by atoms with Crippen LogP contribution in [-0.4, -0.2) is 22.9 Å². The maximum absolute atomic E-state index is 9.65. The minimum absolute atomic E-state index is 0.000249. The Bertz CT molecular complexity index is 369. The minimum atomic E-state index is -0.733. The van der Waals surface area contributed by atoms with Crippen molar-refractivity contribution in [3.63, 3.8) is 0 Å². The molecule has 88 valence electrons. The van der Waals surface area contributed by atoms with E-state index in [1.54, 1.807) is 0 Å². The number of benzene rings is 1. The molecule has 1 aliphatic rings. The molecule has 0 saturated carbocycles. The van der Waals surface area contributed by atoms with E-state index in [0.717, 1.165) is 11.1 Å². The highest BCUT2D eigenvalue weighted by Crippen LogP contribution is 2.38. The molecule has 2 unspecified atom stereocenters. The molecule has 1 aromatic rings. The molecule has 0 spiro atoms. The maximum atomic E-state index is 9.65. The van der Waals surface area contributed by atoms with Crippen LogP contribution < -0.4 is 0 Å². The van der Waals surface area contributed by atoms with Crippen LogP contribution in [0, 0.1) is 0 Å². The highest BCUT2D eigenvalue weighted by atomic mass is 32.1. The van der Waals surface area contributed by atoms with E-state index >= 15 is 0 Å². The van der Waals surface area contributed by atoms with E-state index in [1.165, 1.54) is 0 Å². The van der Waals surface area contributed by atoms with Gasteiger partial charge in [-0.15, -0.1) is 12.6 Å². The number of hydrogen-bond donors (Lipinski definition) is 3. The summed E-state index contributed by atoms with van der Waals surface area (Å²) in [7, 11) is 0. The number of aliphatic hydroxyl groups is 2. The number of aliphatic hydroxyl groups excluding tert-OH is 2. The van der Waals surface area contributed by atoms with Crippen molar-refractivity contribution in [3.8, 4) is 0 Å². The fraction of sp³-hybridized carbons (Fsp3) is 0.500. The number of rotatable bonds is 2. The van der Waals surface area contributed by atoms with E-state index < -0.39 is 4.93 Å². The predicted octanol–water partition coefficient (Wildman–Crippen LogP) is 1.43. The Morgan fingerprint density at radius 1 is 1.50 bits per heavy atom. The lowest BCUT2D eigenvalue weighted by Gasteiger charge is -2.36. The maximum Gasteiger partial charge on any atom is 0.138 e. The van der Waals surface area contributed by atoms with Crippen molar-refractivity contribution in [2.45, 2.75) is 30.5 Å². The zero-order valence-corrected chi connectivity index (χ0v) is 9.86. The van der Waals surface area contributed by atoms with Crippen molar-refractivity contribution in [1.29, 1.82) is 0 Å². The highest BCUT2D eigenvalue weighted by molar-refractivity contribution is 7.81. The number of hydrogen-bond acceptors (Lipinski definition) is 4. The van der Waals surface area contributed by atoms with Crippen LogP contribution in [0.15, 0.2) is 24.3 Å². The second-order valence-corrected chi connectivity index (χ2v) is 4.86. The van der Waals surface area contributed by atoms with Gasteiger partial charge in [-0.1, -0.05) is 18.2 Å². The van der Waals surface area contributed by atoms with Gasteiger partial charge in [0, 0.05) is 6.42 Å². The Balaban J connectivity index is 2.27. The fourth-order valence-electron chi connectivity index (χ4n) is 1.96. The zero-order chi connectivity index (χ0) is 11.6. The average Bonchev–Trinajstić information content (AvgIpc) is 2.29. The molecule has 2 N–H and O–H groups in total. The molecule has 0 aliphatic carbocycles. The van der Waals surface area contributed by atoms with Crippen molar-refractivity contribution >= 4 is 12.6 Å². The first-order valence-electron chi connectivity index (χ1n) is 5.39. The summed E-state index contributed by atoms with van der Waals surface area (Å²) in [6, 6.07) is 7.48. The van der Waals surface area contributed by atoms with Crippen LogP contribution >= 0.6 is 12.6 Å². The Kier molecular flexibility index (Phi) is 3.54. The summed E-state index contributed by atoms with van der Waals surface area (Å²) >= 11 is 4.52. The standard InChI is InChI=1S/C12H16O3S/c13-8-9-2-1-3-10(6-9)12(16)7-11(14)4-5-15-12/h1-3,6,11,13-14,16H,4-5,7-8H2. The van der Waals surface area contributed by atoms with Gasteiger partial charge in [0.15, 0.2) is 0 Å². The molecule has 1 heterocycles. The van der Waals surface area contributed by atoms with Gasteiger partial charge in [-0.25, -0.2) is 0 Å². The van der Waals surface area contributed by atoms with Crippen molar-refractivity contribution in [1.82, 2.24) is 0 Å². The molecule has 2 atom stereocenters. The van der Waals surface area contributed by atoms with Crippen molar-refractivity contribution in [3.05, 3.63) is 35.4 Å². The summed E-state index contributed by atoms with van der Waals surface area (Å²) < 4.78 is 5.64. The molecule has 4 heteroatoms. The first-order chi connectivity index (χ1) is 7.64. The largest absolute Gasteiger partial charge is 0.393 e. The predicted molar refractivity (Wildman–Crippen MR) is 64.2 cm³/mol. The topological polar surface area (TPSA) is 49.7 Å². The van der Waals surface area contributed by atoms with Crippen LogP contribution in [-0.2, 0) is 16.3 Å². The monoisotopic (exact) mass is 240 g/mol. The molecule has 0 amide bonds. The molecule has 1 aliphatic heterocycles. The van der Waals surface area contributed by atoms with Gasteiger partial charge in [0.05, 0.1) is 19.3 Å². The van der Waals surface area contributed by atoms with Crippen LogP contribution in [0.4, 0.5) is 0 Å². The van der Waals surface area contributed by atoms with Gasteiger partial charge in [-0.3, -0.25) is 0 Å². The average molecular weight is 240 g/mol. The van der Waals surface area contributed by atoms with Crippen LogP contribution in [0.3, 0.4) is 0 Å². The number of thiol groups is 1. The van der Waals surface area contributed by atoms with Gasteiger partial charge in [0.1, 0.15) is 4.93 Å². The van der Waals surface area contributed by atoms with E-state index in [-0.39, 0.29) is 12.7 Å². The van der Waals surface area contributed by atoms with E-state index in [2.05, 4.69) is 12.6 Å². The lowest BCUT2D eigenvalue weighted by atomic mass is 9.97. The molecule has 16 heavy (non-hydrogen) atoms. The minimum Gasteiger partial charge on any atom is -0.393 e. The van der Waals surface area contributed by atoms with Gasteiger partial charge in [-0.05, 0) is 23.6 Å². The molecule has 2 rings (SSSR count). The second kappa shape index (κ2) is 4.75. The molecule has 1 aromatic carbocycles. The summed E-state index contributed by atoms with van der Waals surface area (Å²) in [5.41, 5.74) is 1.72. The molecule has 1 fully saturated rings. The molecule has 3 nitrogen and oxygen atoms in total. The quantitative estimate of drug-likeness (QED) is 0.685. The Labute approximate surface area is 100 Å². The smallest absolute Gasteiger partial charge is 0.138 e. The summed E-state index contributed by atoms with van der Waals surface area (Å²) in [5.74, 6) is 0. The first kappa shape index (κ1) is 11.9. The molecule has 0 bridgehead atoms. The van der Waals surface area contributed by atoms with Gasteiger partial charge < -0.3 is 14.9 Å². The molecular formula is C12H16O3S. The Morgan fingerprint density at radius 3 is 3.00 bits per heavy atom. The molecule has 0 aromatic heterocycles. The van der Waals surface area contributed by atoms with Crippen molar-refractivity contribution < 1.29 is 14.9 Å². The SMILES string of the molecule is OCc1cccc(C2(S)CC(O)CCO2)c1. The lowest BCUT2D eigenvalue weighted by molar-refractivity contribution is -0.0660. The van der Waals surface area contributed by atoms with Crippen LogP contribution in [0.25, 0.3) is 0 Å². The third kappa shape index (κ3) is 2.40. The third-order valence-electron chi connectivity index (χ3n) is 2.86. The van der Waals surface area contributed by atoms with E-state index in [9.17, 15) is 5.11 Å². The van der Waals surface area contributed by atoms with Crippen molar-refractivity contribution in [2.24, 2.45) is 0 Å². The van der Waals surface area contributed by atoms with Gasteiger partial charge in [0.25, 0.3) is 0 Å². The Hall–Kier alpha value is -0.550. The number of ether oxygens (including phenoxy) is 1. The van der Waals surface area contributed by atoms with Crippen LogP contribution in [0.5, 0.6) is 0 Å². The van der Waals surface area contributed by atoms with Gasteiger partial charge in [0.2, 0.25) is 0 Å². The molecular weight excluding hydrogens is 224 g/mol. The first-order valence-corrected chi connectivity index (χ1v) is 5.83. The van der Waals surface area contributed by atoms with Crippen LogP contribution in [0.2, 0.25) is 0 Å². The normalized spacial score (nSPS) is 30.3. The van der Waals surface area contributed by atoms with Gasteiger partial charge in [-0.2, -0.15) is 0 Å². The van der Waals surface area contributed by atoms with E-state index in [1.807, 2.05) is 24.3 Å². The lowest BCUT2D eigenvalue weighted by Crippen LogP contribution is -2.35. The van der Waals surface area contributed by atoms with Crippen LogP contribution in [0.1, 0.15) is 24.0 Å². The summed E-state index contributed by atoms with van der Waals surface area (Å²) in [5, 5.41) is 18.7. The molecule has 0 radical (unpaired) electrons. The molecule has 1 saturated heterocycles. The van der Waals surface area contributed by atoms with E-state index in [4.69, 9.17) is 9.84 Å².